The van der Waals surface area contributed by atoms with Crippen LogP contribution >= 0.6 is 0 Å². The number of piperidine rings is 1. The fourth-order valence-electron chi connectivity index (χ4n) is 3.70. The predicted molar refractivity (Wildman–Crippen MR) is 98.1 cm³/mol. The van der Waals surface area contributed by atoms with Crippen LogP contribution in [0.25, 0.3) is 11.1 Å². The standard InChI is InChI=1S/C20H22FN3O3/c1-20(2,24-19(25)26)16-7-12(11-3-5-13(21)6-4-11)8-17(23-16)27-18-14-9-22-10-15(14)18/h3-8,14-15,18,22,24H,9-10H2,1-2H3,(H,25,26)/t14-,15+,18-. The Morgan fingerprint density at radius 1 is 1.22 bits per heavy atom. The van der Waals surface area contributed by atoms with Gasteiger partial charge in [0.25, 0.3) is 0 Å². The number of carbonyl (C=O) groups is 1. The van der Waals surface area contributed by atoms with E-state index in [9.17, 15) is 9.18 Å². The molecule has 2 heterocycles. The minimum Gasteiger partial charge on any atom is -0.474 e. The van der Waals surface area contributed by atoms with E-state index in [0.717, 1.165) is 24.2 Å². The Labute approximate surface area is 156 Å². The number of pyridine rings is 1. The van der Waals surface area contributed by atoms with E-state index in [1.165, 1.54) is 12.1 Å². The van der Waals surface area contributed by atoms with E-state index >= 15 is 0 Å². The van der Waals surface area contributed by atoms with Gasteiger partial charge in [-0.2, -0.15) is 0 Å². The van der Waals surface area contributed by atoms with Gasteiger partial charge in [-0.05, 0) is 43.2 Å². The first kappa shape index (κ1) is 17.7. The number of rotatable bonds is 5. The zero-order valence-corrected chi connectivity index (χ0v) is 15.2. The van der Waals surface area contributed by atoms with Gasteiger partial charge in [0.15, 0.2) is 0 Å². The summed E-state index contributed by atoms with van der Waals surface area (Å²) in [6.45, 7) is 5.40. The summed E-state index contributed by atoms with van der Waals surface area (Å²) < 4.78 is 19.4. The molecule has 7 heteroatoms. The van der Waals surface area contributed by atoms with Gasteiger partial charge in [-0.15, -0.1) is 0 Å². The third-order valence-electron chi connectivity index (χ3n) is 5.31. The van der Waals surface area contributed by atoms with Gasteiger partial charge in [0.2, 0.25) is 5.88 Å². The fourth-order valence-corrected chi connectivity index (χ4v) is 3.70. The largest absolute Gasteiger partial charge is 0.474 e. The van der Waals surface area contributed by atoms with E-state index in [4.69, 9.17) is 9.84 Å². The summed E-state index contributed by atoms with van der Waals surface area (Å²) in [5, 5.41) is 15.0. The zero-order valence-electron chi connectivity index (χ0n) is 15.2. The summed E-state index contributed by atoms with van der Waals surface area (Å²) in [4.78, 5) is 15.7. The topological polar surface area (TPSA) is 83.5 Å². The average Bonchev–Trinajstić information content (AvgIpc) is 3.02. The number of hydrogen-bond donors (Lipinski definition) is 3. The molecule has 3 N–H and O–H groups in total. The lowest BCUT2D eigenvalue weighted by atomic mass is 9.96. The second-order valence-corrected chi connectivity index (χ2v) is 7.71. The van der Waals surface area contributed by atoms with Crippen molar-refractivity contribution in [2.24, 2.45) is 11.8 Å². The molecule has 27 heavy (non-hydrogen) atoms. The molecule has 1 aromatic carbocycles. The van der Waals surface area contributed by atoms with Crippen molar-refractivity contribution in [1.29, 1.82) is 0 Å². The molecule has 0 unspecified atom stereocenters. The molecule has 3 atom stereocenters. The maximum atomic E-state index is 13.3. The second-order valence-electron chi connectivity index (χ2n) is 7.71. The highest BCUT2D eigenvalue weighted by Gasteiger charge is 2.55. The molecular formula is C20H22FN3O3. The van der Waals surface area contributed by atoms with Gasteiger partial charge >= 0.3 is 6.09 Å². The molecule has 1 aromatic heterocycles. The van der Waals surface area contributed by atoms with E-state index < -0.39 is 11.6 Å². The van der Waals surface area contributed by atoms with Crippen LogP contribution in [0.2, 0.25) is 0 Å². The molecule has 0 radical (unpaired) electrons. The highest BCUT2D eigenvalue weighted by atomic mass is 19.1. The molecule has 2 aliphatic rings. The summed E-state index contributed by atoms with van der Waals surface area (Å²) in [5.41, 5.74) is 1.26. The average molecular weight is 371 g/mol. The maximum Gasteiger partial charge on any atom is 0.405 e. The van der Waals surface area contributed by atoms with Gasteiger partial charge in [-0.1, -0.05) is 12.1 Å². The first-order valence-electron chi connectivity index (χ1n) is 9.00. The van der Waals surface area contributed by atoms with Crippen molar-refractivity contribution >= 4 is 6.09 Å². The fraction of sp³-hybridized carbons (Fsp3) is 0.400. The lowest BCUT2D eigenvalue weighted by Crippen LogP contribution is -2.40. The number of benzene rings is 1. The van der Waals surface area contributed by atoms with Crippen molar-refractivity contribution in [3.8, 4) is 17.0 Å². The van der Waals surface area contributed by atoms with Crippen LogP contribution in [0.15, 0.2) is 36.4 Å². The van der Waals surface area contributed by atoms with Crippen molar-refractivity contribution < 1.29 is 19.0 Å². The number of halogens is 1. The molecule has 1 aliphatic heterocycles. The van der Waals surface area contributed by atoms with Gasteiger partial charge in [0, 0.05) is 31.0 Å². The number of nitrogens with zero attached hydrogens (tertiary/aromatic N) is 1. The molecule has 4 rings (SSSR count). The Morgan fingerprint density at radius 2 is 1.89 bits per heavy atom. The van der Waals surface area contributed by atoms with E-state index in [1.807, 2.05) is 12.1 Å². The molecular weight excluding hydrogens is 349 g/mol. The van der Waals surface area contributed by atoms with E-state index in [2.05, 4.69) is 15.6 Å². The van der Waals surface area contributed by atoms with Crippen LogP contribution in [0.5, 0.6) is 5.88 Å². The minimum atomic E-state index is -1.13. The van der Waals surface area contributed by atoms with Crippen LogP contribution in [0.1, 0.15) is 19.5 Å². The molecule has 0 bridgehead atoms. The molecule has 1 saturated carbocycles. The molecule has 1 amide bonds. The number of carboxylic acid groups (broad SMARTS) is 1. The van der Waals surface area contributed by atoms with Crippen LogP contribution in [0.3, 0.4) is 0 Å². The van der Waals surface area contributed by atoms with Crippen LogP contribution in [0, 0.1) is 17.7 Å². The first-order valence-corrected chi connectivity index (χ1v) is 9.00. The lowest BCUT2D eigenvalue weighted by molar-refractivity contribution is 0.181. The number of hydrogen-bond acceptors (Lipinski definition) is 4. The van der Waals surface area contributed by atoms with Crippen LogP contribution < -0.4 is 15.4 Å². The van der Waals surface area contributed by atoms with Crippen LogP contribution in [-0.4, -0.2) is 35.4 Å². The molecule has 2 fully saturated rings. The lowest BCUT2D eigenvalue weighted by Gasteiger charge is -2.25. The van der Waals surface area contributed by atoms with Crippen molar-refractivity contribution in [3.05, 3.63) is 47.9 Å². The van der Waals surface area contributed by atoms with Gasteiger partial charge in [0.1, 0.15) is 11.9 Å². The Morgan fingerprint density at radius 3 is 2.52 bits per heavy atom. The number of ether oxygens (including phenoxy) is 1. The summed E-state index contributed by atoms with van der Waals surface area (Å²) in [6.07, 6.45) is -0.982. The molecule has 0 spiro atoms. The SMILES string of the molecule is CC(C)(NC(=O)O)c1cc(-c2ccc(F)cc2)cc(O[C@@H]2[C@@H]3CNC[C@@H]32)n1. The molecule has 2 aromatic rings. The summed E-state index contributed by atoms with van der Waals surface area (Å²) >= 11 is 0. The predicted octanol–water partition coefficient (Wildman–Crippen LogP) is 2.99. The zero-order chi connectivity index (χ0) is 19.2. The number of amides is 1. The Kier molecular flexibility index (Phi) is 4.26. The van der Waals surface area contributed by atoms with Crippen molar-refractivity contribution in [2.75, 3.05) is 13.1 Å². The van der Waals surface area contributed by atoms with Gasteiger partial charge in [0.05, 0.1) is 11.2 Å². The van der Waals surface area contributed by atoms with Crippen molar-refractivity contribution in [3.63, 3.8) is 0 Å². The van der Waals surface area contributed by atoms with Crippen molar-refractivity contribution in [1.82, 2.24) is 15.6 Å². The quantitative estimate of drug-likeness (QED) is 0.753. The van der Waals surface area contributed by atoms with E-state index in [-0.39, 0.29) is 11.9 Å². The second kappa shape index (κ2) is 6.49. The Bertz CT molecular complexity index is 859. The maximum absolute atomic E-state index is 13.3. The third kappa shape index (κ3) is 3.60. The minimum absolute atomic E-state index is 0.144. The monoisotopic (exact) mass is 371 g/mol. The van der Waals surface area contributed by atoms with Gasteiger partial charge in [-0.25, -0.2) is 14.2 Å². The van der Waals surface area contributed by atoms with Crippen molar-refractivity contribution in [2.45, 2.75) is 25.5 Å². The normalized spacial score (nSPS) is 23.6. The van der Waals surface area contributed by atoms with Gasteiger partial charge in [-0.3, -0.25) is 0 Å². The molecule has 6 nitrogen and oxygen atoms in total. The van der Waals surface area contributed by atoms with Crippen LogP contribution in [-0.2, 0) is 5.54 Å². The Balaban J connectivity index is 1.69. The smallest absolute Gasteiger partial charge is 0.405 e. The Hall–Kier alpha value is -2.67. The third-order valence-corrected chi connectivity index (χ3v) is 5.31. The molecule has 1 saturated heterocycles. The van der Waals surface area contributed by atoms with E-state index in [1.54, 1.807) is 26.0 Å². The summed E-state index contributed by atoms with van der Waals surface area (Å²) in [5.74, 6) is 1.17. The molecule has 1 aliphatic carbocycles. The highest BCUT2D eigenvalue weighted by molar-refractivity contribution is 5.68. The first-order chi connectivity index (χ1) is 12.8. The molecule has 142 valence electrons. The number of fused-ring (bicyclic) bond motifs is 1. The summed E-state index contributed by atoms with van der Waals surface area (Å²) in [7, 11) is 0. The van der Waals surface area contributed by atoms with Crippen LogP contribution in [0.4, 0.5) is 9.18 Å². The highest BCUT2D eigenvalue weighted by Crippen LogP contribution is 2.44. The van der Waals surface area contributed by atoms with E-state index in [0.29, 0.717) is 23.4 Å². The van der Waals surface area contributed by atoms with Gasteiger partial charge < -0.3 is 20.5 Å². The number of aromatic nitrogens is 1. The number of nitrogens with one attached hydrogen (secondary N) is 2. The summed E-state index contributed by atoms with van der Waals surface area (Å²) in [6, 6.07) is 9.80.